The van der Waals surface area contributed by atoms with Gasteiger partial charge in [-0.2, -0.15) is 5.10 Å². The molecular weight excluding hydrogens is 448 g/mol. The quantitative estimate of drug-likeness (QED) is 0.544. The second kappa shape index (κ2) is 10.3. The van der Waals surface area contributed by atoms with Gasteiger partial charge in [-0.15, -0.1) is 0 Å². The van der Waals surface area contributed by atoms with Crippen LogP contribution in [0.1, 0.15) is 51.3 Å². The maximum atomic E-state index is 13.3. The number of benzene rings is 2. The van der Waals surface area contributed by atoms with Crippen molar-refractivity contribution in [3.05, 3.63) is 75.2 Å². The molecule has 2 heterocycles. The van der Waals surface area contributed by atoms with E-state index in [2.05, 4.69) is 10.2 Å². The molecule has 1 aliphatic heterocycles. The summed E-state index contributed by atoms with van der Waals surface area (Å²) in [5, 5.41) is 10.1. The van der Waals surface area contributed by atoms with E-state index in [0.29, 0.717) is 36.3 Å². The van der Waals surface area contributed by atoms with Crippen molar-refractivity contribution in [1.82, 2.24) is 20.0 Å². The number of fused-ring (bicyclic) bond motifs is 1. The highest BCUT2D eigenvalue weighted by atomic mass is 35.5. The van der Waals surface area contributed by atoms with Crippen LogP contribution in [0.25, 0.3) is 10.8 Å². The minimum atomic E-state index is -0.232. The number of carbonyl (C=O) groups excluding carboxylic acids is 1. The first-order valence-electron chi connectivity index (χ1n) is 12.0. The zero-order valence-corrected chi connectivity index (χ0v) is 20.9. The molecule has 0 bridgehead atoms. The van der Waals surface area contributed by atoms with Crippen molar-refractivity contribution in [3.8, 4) is 0 Å². The predicted octanol–water partition coefficient (Wildman–Crippen LogP) is 4.41. The van der Waals surface area contributed by atoms with Crippen LogP contribution in [0.5, 0.6) is 0 Å². The molecule has 1 fully saturated rings. The first kappa shape index (κ1) is 24.4. The Hall–Kier alpha value is -2.70. The first-order valence-corrected chi connectivity index (χ1v) is 12.4. The molecule has 6 nitrogen and oxygen atoms in total. The number of hydrogen-bond donors (Lipinski definition) is 1. The number of hydrogen-bond acceptors (Lipinski definition) is 4. The Balaban J connectivity index is 1.55. The summed E-state index contributed by atoms with van der Waals surface area (Å²) in [7, 11) is 0. The molecule has 3 aromatic rings. The van der Waals surface area contributed by atoms with E-state index in [4.69, 9.17) is 16.7 Å². The number of rotatable bonds is 7. The van der Waals surface area contributed by atoms with E-state index in [1.807, 2.05) is 69.3 Å². The van der Waals surface area contributed by atoms with Gasteiger partial charge in [0.2, 0.25) is 5.91 Å². The van der Waals surface area contributed by atoms with E-state index < -0.39 is 0 Å². The van der Waals surface area contributed by atoms with Crippen LogP contribution >= 0.6 is 11.6 Å². The van der Waals surface area contributed by atoms with Gasteiger partial charge in [-0.05, 0) is 63.9 Å². The monoisotopic (exact) mass is 480 g/mol. The Labute approximate surface area is 205 Å². The van der Waals surface area contributed by atoms with Crippen LogP contribution < -0.4 is 10.9 Å². The van der Waals surface area contributed by atoms with Gasteiger partial charge >= 0.3 is 0 Å². The van der Waals surface area contributed by atoms with Gasteiger partial charge in [0.1, 0.15) is 0 Å². The molecule has 1 N–H and O–H groups in total. The second-order valence-corrected chi connectivity index (χ2v) is 10.6. The Morgan fingerprint density at radius 3 is 2.53 bits per heavy atom. The number of likely N-dealkylation sites (tertiary alicyclic amines) is 1. The van der Waals surface area contributed by atoms with Gasteiger partial charge in [0.25, 0.3) is 5.56 Å². The van der Waals surface area contributed by atoms with E-state index >= 15 is 0 Å². The van der Waals surface area contributed by atoms with Crippen molar-refractivity contribution >= 4 is 28.3 Å². The number of nitrogens with zero attached hydrogens (tertiary/aromatic N) is 3. The highest BCUT2D eigenvalue weighted by Crippen LogP contribution is 2.21. The molecule has 1 unspecified atom stereocenters. The molecule has 1 atom stereocenters. The van der Waals surface area contributed by atoms with Crippen LogP contribution in [0.3, 0.4) is 0 Å². The molecule has 1 aliphatic rings. The van der Waals surface area contributed by atoms with Crippen molar-refractivity contribution < 1.29 is 4.79 Å². The lowest BCUT2D eigenvalue weighted by molar-refractivity contribution is -0.122. The Bertz CT molecular complexity index is 1210. The van der Waals surface area contributed by atoms with Gasteiger partial charge in [0, 0.05) is 41.4 Å². The molecule has 2 aromatic carbocycles. The van der Waals surface area contributed by atoms with E-state index in [0.717, 1.165) is 36.0 Å². The van der Waals surface area contributed by atoms with E-state index in [9.17, 15) is 9.59 Å². The molecule has 180 valence electrons. The van der Waals surface area contributed by atoms with Crippen molar-refractivity contribution in [3.63, 3.8) is 0 Å². The third-order valence-electron chi connectivity index (χ3n) is 6.25. The fraction of sp³-hybridized carbons (Fsp3) is 0.444. The van der Waals surface area contributed by atoms with Gasteiger partial charge in [-0.3, -0.25) is 14.5 Å². The number of aromatic nitrogens is 2. The van der Waals surface area contributed by atoms with E-state index in [1.54, 1.807) is 4.68 Å². The smallest absolute Gasteiger partial charge is 0.274 e. The number of carbonyl (C=O) groups is 1. The summed E-state index contributed by atoms with van der Waals surface area (Å²) in [4.78, 5) is 27.9. The van der Waals surface area contributed by atoms with Crippen molar-refractivity contribution in [2.45, 2.75) is 64.6 Å². The maximum Gasteiger partial charge on any atom is 0.274 e. The van der Waals surface area contributed by atoms with Crippen molar-refractivity contribution in [1.29, 1.82) is 0 Å². The lowest BCUT2D eigenvalue weighted by Gasteiger charge is -2.26. The fourth-order valence-electron chi connectivity index (χ4n) is 4.68. The third-order valence-corrected chi connectivity index (χ3v) is 6.50. The lowest BCUT2D eigenvalue weighted by Crippen LogP contribution is -2.43. The van der Waals surface area contributed by atoms with Crippen molar-refractivity contribution in [2.75, 3.05) is 13.1 Å². The molecule has 0 spiro atoms. The molecule has 4 rings (SSSR count). The normalized spacial score (nSPS) is 16.8. The van der Waals surface area contributed by atoms with Crippen LogP contribution in [0.4, 0.5) is 0 Å². The second-order valence-electron chi connectivity index (χ2n) is 10.2. The summed E-state index contributed by atoms with van der Waals surface area (Å²) in [6.07, 6.45) is 3.13. The number of nitrogens with one attached hydrogen (secondary N) is 1. The Morgan fingerprint density at radius 2 is 1.82 bits per heavy atom. The summed E-state index contributed by atoms with van der Waals surface area (Å²) < 4.78 is 1.63. The average Bonchev–Trinajstić information content (AvgIpc) is 3.23. The highest BCUT2D eigenvalue weighted by molar-refractivity contribution is 6.30. The van der Waals surface area contributed by atoms with Crippen LogP contribution in [-0.4, -0.2) is 45.3 Å². The van der Waals surface area contributed by atoms with Gasteiger partial charge in [-0.1, -0.05) is 41.9 Å². The SMILES string of the molecule is CC(C)(C)NC(=O)CCN1CCCC1Cn1nc(Cc2ccc(Cl)cc2)c2ccccc2c1=O. The van der Waals surface area contributed by atoms with Gasteiger partial charge in [-0.25, -0.2) is 4.68 Å². The molecule has 1 saturated heterocycles. The van der Waals surface area contributed by atoms with Gasteiger partial charge in [0.15, 0.2) is 0 Å². The molecule has 1 aromatic heterocycles. The summed E-state index contributed by atoms with van der Waals surface area (Å²) >= 11 is 6.05. The Morgan fingerprint density at radius 1 is 1.12 bits per heavy atom. The lowest BCUT2D eigenvalue weighted by atomic mass is 10.0. The van der Waals surface area contributed by atoms with Gasteiger partial charge < -0.3 is 5.32 Å². The molecule has 0 aliphatic carbocycles. The molecule has 0 radical (unpaired) electrons. The van der Waals surface area contributed by atoms with Crippen molar-refractivity contribution in [2.24, 2.45) is 0 Å². The molecule has 0 saturated carbocycles. The molecule has 7 heteroatoms. The van der Waals surface area contributed by atoms with Crippen LogP contribution in [0.2, 0.25) is 5.02 Å². The largest absolute Gasteiger partial charge is 0.351 e. The fourth-order valence-corrected chi connectivity index (χ4v) is 4.80. The first-order chi connectivity index (χ1) is 16.2. The zero-order valence-electron chi connectivity index (χ0n) is 20.2. The average molecular weight is 481 g/mol. The van der Waals surface area contributed by atoms with E-state index in [-0.39, 0.29) is 23.0 Å². The predicted molar refractivity (Wildman–Crippen MR) is 137 cm³/mol. The number of halogens is 1. The summed E-state index contributed by atoms with van der Waals surface area (Å²) in [5.74, 6) is 0.0596. The minimum Gasteiger partial charge on any atom is -0.351 e. The summed E-state index contributed by atoms with van der Waals surface area (Å²) in [6.45, 7) is 8.12. The molecular formula is C27H33ClN4O2. The standard InChI is InChI=1S/C27H33ClN4O2/c1-27(2,3)29-25(33)14-16-31-15-6-7-21(31)18-32-26(34)23-9-5-4-8-22(23)24(30-32)17-19-10-12-20(28)13-11-19/h4-5,8-13,21H,6-7,14-18H2,1-3H3,(H,29,33). The Kier molecular flexibility index (Phi) is 7.39. The molecule has 1 amide bonds. The number of amides is 1. The van der Waals surface area contributed by atoms with E-state index in [1.165, 1.54) is 0 Å². The van der Waals surface area contributed by atoms with Crippen LogP contribution in [-0.2, 0) is 17.8 Å². The highest BCUT2D eigenvalue weighted by Gasteiger charge is 2.27. The van der Waals surface area contributed by atoms with Gasteiger partial charge in [0.05, 0.1) is 17.6 Å². The maximum absolute atomic E-state index is 13.3. The zero-order chi connectivity index (χ0) is 24.3. The topological polar surface area (TPSA) is 67.2 Å². The van der Waals surface area contributed by atoms with Crippen LogP contribution in [0.15, 0.2) is 53.3 Å². The molecule has 34 heavy (non-hydrogen) atoms. The summed E-state index contributed by atoms with van der Waals surface area (Å²) in [6, 6.07) is 15.6. The summed E-state index contributed by atoms with van der Waals surface area (Å²) in [5.41, 5.74) is 1.68. The minimum absolute atomic E-state index is 0.0596. The third kappa shape index (κ3) is 6.05. The van der Waals surface area contributed by atoms with Crippen LogP contribution in [0, 0.1) is 0 Å².